The maximum absolute atomic E-state index is 13.8. The Morgan fingerprint density at radius 1 is 0.646 bits per heavy atom. The molecule has 3 aromatic rings. The molecule has 0 N–H and O–H groups in total. The smallest absolute Gasteiger partial charge is 0.317 e. The van der Waals surface area contributed by atoms with Crippen molar-refractivity contribution in [2.45, 2.75) is 76.2 Å². The zero-order valence-corrected chi connectivity index (χ0v) is 29.2. The number of carbonyl (C=O) groups excluding carboxylic acids is 1. The van der Waals surface area contributed by atoms with Gasteiger partial charge in [-0.1, -0.05) is 147 Å². The molecule has 48 heavy (non-hydrogen) atoms. The lowest BCUT2D eigenvalue weighted by Crippen LogP contribution is -2.62. The number of hydrogen-bond acceptors (Lipinski definition) is 7. The lowest BCUT2D eigenvalue weighted by atomic mass is 9.97. The summed E-state index contributed by atoms with van der Waals surface area (Å²) in [6.45, 7) is 8.60. The molecule has 1 aliphatic heterocycles. The summed E-state index contributed by atoms with van der Waals surface area (Å²) in [5.74, 6) is -0.962. The van der Waals surface area contributed by atoms with Crippen LogP contribution in [0.4, 0.5) is 0 Å². The molecule has 0 unspecified atom stereocenters. The molecule has 3 aromatic carbocycles. The third kappa shape index (κ3) is 11.2. The highest BCUT2D eigenvalue weighted by atomic mass is 28.3. The highest BCUT2D eigenvalue weighted by Crippen LogP contribution is 2.32. The molecule has 0 radical (unpaired) electrons. The second kappa shape index (κ2) is 18.2. The fraction of sp³-hybridized carbons (Fsp3) is 0.375. The van der Waals surface area contributed by atoms with Crippen molar-refractivity contribution in [3.8, 4) is 0 Å². The Kier molecular flexibility index (Phi) is 13.5. The molecule has 0 bridgehead atoms. The number of esters is 1. The van der Waals surface area contributed by atoms with Crippen LogP contribution >= 0.6 is 0 Å². The molecule has 254 valence electrons. The van der Waals surface area contributed by atoms with Gasteiger partial charge in [-0.25, -0.2) is 0 Å². The molecule has 1 fully saturated rings. The molecule has 2 aliphatic rings. The molecule has 0 spiro atoms. The van der Waals surface area contributed by atoms with Gasteiger partial charge in [-0.05, 0) is 22.7 Å². The summed E-state index contributed by atoms with van der Waals surface area (Å²) in [5, 5.41) is 0. The topological polar surface area (TPSA) is 72.5 Å². The van der Waals surface area contributed by atoms with E-state index in [1.807, 2.05) is 127 Å². The average molecular weight is 669 g/mol. The molecule has 0 amide bonds. The van der Waals surface area contributed by atoms with Crippen LogP contribution in [0.5, 0.6) is 0 Å². The van der Waals surface area contributed by atoms with Gasteiger partial charge < -0.3 is 28.4 Å². The van der Waals surface area contributed by atoms with Crippen molar-refractivity contribution in [1.29, 1.82) is 0 Å². The first-order valence-electron chi connectivity index (χ1n) is 16.8. The van der Waals surface area contributed by atoms with Gasteiger partial charge in [0, 0.05) is 14.7 Å². The summed E-state index contributed by atoms with van der Waals surface area (Å²) < 4.78 is 39.1. The van der Waals surface area contributed by atoms with Crippen LogP contribution in [-0.4, -0.2) is 58.0 Å². The van der Waals surface area contributed by atoms with E-state index in [2.05, 4.69) is 19.6 Å². The van der Waals surface area contributed by atoms with Gasteiger partial charge in [0.1, 0.15) is 18.3 Å². The first-order valence-corrected chi connectivity index (χ1v) is 20.5. The second-order valence-corrected chi connectivity index (χ2v) is 19.0. The van der Waals surface area contributed by atoms with Crippen LogP contribution in [0.1, 0.15) is 16.7 Å². The number of rotatable bonds is 16. The Bertz CT molecular complexity index is 1450. The van der Waals surface area contributed by atoms with Gasteiger partial charge in [0.15, 0.2) is 12.4 Å². The SMILES string of the molecule is C[Si](C)(C)CCO[C@@H]1O[C@H](COCc2ccccc2)[C@H](OCc2ccccc2)[C@H](OC(=O)C2C=CC=CC=C2)[C@H]1OCc1ccccc1. The Morgan fingerprint density at radius 3 is 1.71 bits per heavy atom. The largest absolute Gasteiger partial charge is 0.456 e. The van der Waals surface area contributed by atoms with E-state index in [4.69, 9.17) is 28.4 Å². The summed E-state index contributed by atoms with van der Waals surface area (Å²) in [4.78, 5) is 13.8. The maximum atomic E-state index is 13.8. The van der Waals surface area contributed by atoms with Gasteiger partial charge in [0.25, 0.3) is 0 Å². The minimum absolute atomic E-state index is 0.203. The van der Waals surface area contributed by atoms with Crippen LogP contribution < -0.4 is 0 Å². The van der Waals surface area contributed by atoms with Crippen molar-refractivity contribution in [1.82, 2.24) is 0 Å². The normalized spacial score (nSPS) is 22.8. The summed E-state index contributed by atoms with van der Waals surface area (Å²) in [5.41, 5.74) is 3.02. The fourth-order valence-electron chi connectivity index (χ4n) is 5.47. The van der Waals surface area contributed by atoms with Gasteiger partial charge in [0.05, 0.1) is 32.3 Å². The Hall–Kier alpha value is -3.63. The van der Waals surface area contributed by atoms with Crippen LogP contribution in [0.15, 0.2) is 127 Å². The number of hydrogen-bond donors (Lipinski definition) is 0. The van der Waals surface area contributed by atoms with E-state index < -0.39 is 50.7 Å². The molecule has 0 saturated carbocycles. The Morgan fingerprint density at radius 2 is 1.17 bits per heavy atom. The van der Waals surface area contributed by atoms with Gasteiger partial charge in [-0.3, -0.25) is 4.79 Å². The third-order valence-corrected chi connectivity index (χ3v) is 9.89. The van der Waals surface area contributed by atoms with Crippen molar-refractivity contribution < 1.29 is 33.2 Å². The van der Waals surface area contributed by atoms with Crippen molar-refractivity contribution in [2.75, 3.05) is 13.2 Å². The molecule has 0 aromatic heterocycles. The number of benzene rings is 3. The highest BCUT2D eigenvalue weighted by molar-refractivity contribution is 6.76. The molecule has 7 nitrogen and oxygen atoms in total. The van der Waals surface area contributed by atoms with Gasteiger partial charge in [-0.15, -0.1) is 0 Å². The minimum Gasteiger partial charge on any atom is -0.456 e. The van der Waals surface area contributed by atoms with Crippen molar-refractivity contribution >= 4 is 14.0 Å². The summed E-state index contributed by atoms with van der Waals surface area (Å²) >= 11 is 0. The molecule has 1 aliphatic carbocycles. The lowest BCUT2D eigenvalue weighted by molar-refractivity contribution is -0.321. The van der Waals surface area contributed by atoms with Crippen LogP contribution in [-0.2, 0) is 53.0 Å². The van der Waals surface area contributed by atoms with E-state index in [9.17, 15) is 4.79 Å². The number of ether oxygens (including phenoxy) is 6. The Labute approximate surface area is 286 Å². The predicted molar refractivity (Wildman–Crippen MR) is 190 cm³/mol. The Balaban J connectivity index is 1.46. The van der Waals surface area contributed by atoms with E-state index in [0.717, 1.165) is 22.7 Å². The maximum Gasteiger partial charge on any atom is 0.317 e. The monoisotopic (exact) mass is 668 g/mol. The van der Waals surface area contributed by atoms with Gasteiger partial charge in [-0.2, -0.15) is 0 Å². The van der Waals surface area contributed by atoms with Gasteiger partial charge in [0.2, 0.25) is 0 Å². The van der Waals surface area contributed by atoms with Crippen LogP contribution in [0.25, 0.3) is 0 Å². The molecule has 5 rings (SSSR count). The summed E-state index contributed by atoms with van der Waals surface area (Å²) in [6.07, 6.45) is 7.38. The second-order valence-electron chi connectivity index (χ2n) is 13.3. The van der Waals surface area contributed by atoms with Crippen molar-refractivity contribution in [3.05, 3.63) is 144 Å². The van der Waals surface area contributed by atoms with E-state index in [-0.39, 0.29) is 19.8 Å². The van der Waals surface area contributed by atoms with Crippen LogP contribution in [0.2, 0.25) is 25.7 Å². The zero-order valence-electron chi connectivity index (χ0n) is 28.2. The van der Waals surface area contributed by atoms with Crippen molar-refractivity contribution in [3.63, 3.8) is 0 Å². The van der Waals surface area contributed by atoms with E-state index in [1.165, 1.54) is 0 Å². The van der Waals surface area contributed by atoms with Crippen molar-refractivity contribution in [2.24, 2.45) is 5.92 Å². The first kappa shape index (κ1) is 35.7. The highest BCUT2D eigenvalue weighted by Gasteiger charge is 2.51. The minimum atomic E-state index is -1.42. The molecular formula is C40H48O7Si. The fourth-order valence-corrected chi connectivity index (χ4v) is 6.20. The number of carbonyl (C=O) groups is 1. The van der Waals surface area contributed by atoms with Crippen LogP contribution in [0.3, 0.4) is 0 Å². The van der Waals surface area contributed by atoms with E-state index in [1.54, 1.807) is 0 Å². The first-order chi connectivity index (χ1) is 23.4. The van der Waals surface area contributed by atoms with E-state index in [0.29, 0.717) is 13.2 Å². The zero-order chi connectivity index (χ0) is 33.6. The molecule has 5 atom stereocenters. The standard InChI is InChI=1S/C40H48O7Si/c1-48(2,3)26-25-43-40-38(45-29-33-21-13-8-14-22-33)37(47-39(41)34-23-15-4-5-16-24-34)36(44-28-32-19-11-7-12-20-32)35(46-40)30-42-27-31-17-9-6-10-18-31/h4-24,34-38,40H,25-30H2,1-3H3/t35-,36+,37+,38-,40-/m1/s1. The van der Waals surface area contributed by atoms with Gasteiger partial charge >= 0.3 is 5.97 Å². The lowest BCUT2D eigenvalue weighted by Gasteiger charge is -2.45. The van der Waals surface area contributed by atoms with Crippen LogP contribution in [0, 0.1) is 5.92 Å². The number of allylic oxidation sites excluding steroid dienone is 4. The molecule has 8 heteroatoms. The third-order valence-electron chi connectivity index (χ3n) is 8.18. The average Bonchev–Trinajstić information content (AvgIpc) is 3.38. The summed E-state index contributed by atoms with van der Waals surface area (Å²) in [7, 11) is -1.42. The quantitative estimate of drug-likeness (QED) is 0.115. The predicted octanol–water partition coefficient (Wildman–Crippen LogP) is 7.66. The molecular weight excluding hydrogens is 621 g/mol. The molecule has 1 saturated heterocycles. The molecule has 1 heterocycles. The summed E-state index contributed by atoms with van der Waals surface area (Å²) in [6, 6.07) is 30.8. The van der Waals surface area contributed by atoms with E-state index >= 15 is 0 Å².